The second-order valence-electron chi connectivity index (χ2n) is 5.77. The fourth-order valence-corrected chi connectivity index (χ4v) is 5.01. The van der Waals surface area contributed by atoms with E-state index in [0.29, 0.717) is 0 Å². The molecular weight excluding hydrogens is 250 g/mol. The largest absolute Gasteiger partial charge is 0.414 e. The van der Waals surface area contributed by atoms with Crippen molar-refractivity contribution < 1.29 is 4.43 Å². The highest BCUT2D eigenvalue weighted by atomic mass is 28.4. The SMILES string of the molecule is C[C@H](Cc1cc[nH]c1)O[Si](C)(C)Cc1ccccc1. The predicted molar refractivity (Wildman–Crippen MR) is 82.7 cm³/mol. The fraction of sp³-hybridized carbons (Fsp3) is 0.375. The predicted octanol–water partition coefficient (Wildman–Crippen LogP) is 3.95. The molecule has 1 aromatic heterocycles. The number of rotatable bonds is 6. The van der Waals surface area contributed by atoms with Crippen molar-refractivity contribution in [1.82, 2.24) is 4.98 Å². The van der Waals surface area contributed by atoms with Crippen LogP contribution in [0.4, 0.5) is 0 Å². The van der Waals surface area contributed by atoms with Gasteiger partial charge >= 0.3 is 0 Å². The van der Waals surface area contributed by atoms with Gasteiger partial charge in [-0.05, 0) is 49.7 Å². The van der Waals surface area contributed by atoms with Crippen molar-refractivity contribution in [2.75, 3.05) is 0 Å². The minimum absolute atomic E-state index is 0.279. The quantitative estimate of drug-likeness (QED) is 0.792. The summed E-state index contributed by atoms with van der Waals surface area (Å²) in [5, 5.41) is 0. The van der Waals surface area contributed by atoms with Crippen molar-refractivity contribution in [3.8, 4) is 0 Å². The number of hydrogen-bond acceptors (Lipinski definition) is 1. The summed E-state index contributed by atoms with van der Waals surface area (Å²) in [5.41, 5.74) is 2.70. The summed E-state index contributed by atoms with van der Waals surface area (Å²) < 4.78 is 6.34. The molecule has 2 nitrogen and oxygen atoms in total. The van der Waals surface area contributed by atoms with E-state index in [4.69, 9.17) is 4.43 Å². The molecule has 0 amide bonds. The number of H-pyrrole nitrogens is 1. The van der Waals surface area contributed by atoms with E-state index < -0.39 is 8.32 Å². The van der Waals surface area contributed by atoms with Gasteiger partial charge in [-0.3, -0.25) is 0 Å². The molecule has 0 saturated heterocycles. The third-order valence-corrected chi connectivity index (χ3v) is 5.48. The number of aromatic nitrogens is 1. The summed E-state index contributed by atoms with van der Waals surface area (Å²) in [6.45, 7) is 6.77. The second-order valence-corrected chi connectivity index (χ2v) is 9.88. The van der Waals surface area contributed by atoms with Gasteiger partial charge in [0, 0.05) is 18.5 Å². The van der Waals surface area contributed by atoms with Gasteiger partial charge in [-0.25, -0.2) is 0 Å². The molecule has 1 heterocycles. The summed E-state index contributed by atoms with van der Waals surface area (Å²) in [7, 11) is -1.65. The van der Waals surface area contributed by atoms with Crippen LogP contribution in [-0.2, 0) is 16.9 Å². The Kier molecular flexibility index (Phi) is 4.61. The number of nitrogens with one attached hydrogen (secondary N) is 1. The van der Waals surface area contributed by atoms with Gasteiger partial charge in [0.25, 0.3) is 0 Å². The zero-order valence-electron chi connectivity index (χ0n) is 12.0. The minimum atomic E-state index is -1.65. The zero-order valence-corrected chi connectivity index (χ0v) is 13.0. The van der Waals surface area contributed by atoms with Crippen LogP contribution in [0, 0.1) is 0 Å². The van der Waals surface area contributed by atoms with Crippen LogP contribution in [-0.4, -0.2) is 19.4 Å². The summed E-state index contributed by atoms with van der Waals surface area (Å²) >= 11 is 0. The zero-order chi connectivity index (χ0) is 13.7. The summed E-state index contributed by atoms with van der Waals surface area (Å²) in [5.74, 6) is 0. The first kappa shape index (κ1) is 14.1. The van der Waals surface area contributed by atoms with Crippen LogP contribution in [0.1, 0.15) is 18.1 Å². The Hall–Kier alpha value is -1.32. The lowest BCUT2D eigenvalue weighted by Gasteiger charge is -2.27. The Balaban J connectivity index is 1.89. The van der Waals surface area contributed by atoms with Gasteiger partial charge < -0.3 is 9.41 Å². The first-order valence-corrected chi connectivity index (χ1v) is 10.0. The van der Waals surface area contributed by atoms with Crippen LogP contribution in [0.2, 0.25) is 13.1 Å². The lowest BCUT2D eigenvalue weighted by molar-refractivity contribution is 0.211. The van der Waals surface area contributed by atoms with Gasteiger partial charge in [-0.2, -0.15) is 0 Å². The third kappa shape index (κ3) is 4.69. The molecule has 1 N–H and O–H groups in total. The van der Waals surface area contributed by atoms with Crippen molar-refractivity contribution in [3.63, 3.8) is 0 Å². The molecule has 2 rings (SSSR count). The molecule has 3 heteroatoms. The Labute approximate surface area is 117 Å². The van der Waals surface area contributed by atoms with E-state index in [0.717, 1.165) is 12.5 Å². The Bertz CT molecular complexity index is 479. The second kappa shape index (κ2) is 6.22. The van der Waals surface area contributed by atoms with Gasteiger partial charge in [-0.1, -0.05) is 30.3 Å². The first-order valence-electron chi connectivity index (χ1n) is 6.88. The standard InChI is InChI=1S/C16H23NOSi/c1-14(11-16-9-10-17-12-16)18-19(2,3)13-15-7-5-4-6-8-15/h4-10,12,14,17H,11,13H2,1-3H3/t14-/m1/s1. The first-order chi connectivity index (χ1) is 9.05. The van der Waals surface area contributed by atoms with Crippen LogP contribution in [0.15, 0.2) is 48.8 Å². The number of hydrogen-bond donors (Lipinski definition) is 1. The number of benzene rings is 1. The Morgan fingerprint density at radius 2 is 1.84 bits per heavy atom. The lowest BCUT2D eigenvalue weighted by atomic mass is 10.2. The van der Waals surface area contributed by atoms with E-state index in [9.17, 15) is 0 Å². The fourth-order valence-electron chi connectivity index (χ4n) is 2.53. The number of aromatic amines is 1. The lowest BCUT2D eigenvalue weighted by Crippen LogP contribution is -2.38. The van der Waals surface area contributed by atoms with Gasteiger partial charge in [0.1, 0.15) is 0 Å². The van der Waals surface area contributed by atoms with Crippen molar-refractivity contribution in [2.24, 2.45) is 0 Å². The molecule has 19 heavy (non-hydrogen) atoms. The maximum absolute atomic E-state index is 6.34. The molecule has 1 atom stereocenters. The van der Waals surface area contributed by atoms with E-state index in [-0.39, 0.29) is 6.10 Å². The molecule has 0 radical (unpaired) electrons. The van der Waals surface area contributed by atoms with Gasteiger partial charge in [-0.15, -0.1) is 0 Å². The van der Waals surface area contributed by atoms with E-state index in [1.807, 2.05) is 12.4 Å². The molecule has 0 unspecified atom stereocenters. The molecule has 0 aliphatic rings. The molecule has 0 bridgehead atoms. The summed E-state index contributed by atoms with van der Waals surface area (Å²) in [6.07, 6.45) is 5.27. The van der Waals surface area contributed by atoms with Crippen LogP contribution in [0.25, 0.3) is 0 Å². The summed E-state index contributed by atoms with van der Waals surface area (Å²) in [4.78, 5) is 3.09. The molecule has 102 valence electrons. The smallest absolute Gasteiger partial charge is 0.191 e. The maximum atomic E-state index is 6.34. The highest BCUT2D eigenvalue weighted by molar-refractivity contribution is 6.70. The van der Waals surface area contributed by atoms with E-state index in [2.05, 4.69) is 61.4 Å². The molecule has 0 aliphatic carbocycles. The van der Waals surface area contributed by atoms with Gasteiger partial charge in [0.2, 0.25) is 0 Å². The molecule has 1 aromatic carbocycles. The molecule has 2 aromatic rings. The van der Waals surface area contributed by atoms with Gasteiger partial charge in [0.05, 0.1) is 0 Å². The monoisotopic (exact) mass is 273 g/mol. The topological polar surface area (TPSA) is 25.0 Å². The average Bonchev–Trinajstić information content (AvgIpc) is 2.81. The average molecular weight is 273 g/mol. The summed E-state index contributed by atoms with van der Waals surface area (Å²) in [6, 6.07) is 13.8. The van der Waals surface area contributed by atoms with Crippen molar-refractivity contribution in [3.05, 3.63) is 59.9 Å². The molecule has 0 fully saturated rings. The molecule has 0 spiro atoms. The Morgan fingerprint density at radius 1 is 1.11 bits per heavy atom. The van der Waals surface area contributed by atoms with E-state index in [1.54, 1.807) is 0 Å². The van der Waals surface area contributed by atoms with Crippen molar-refractivity contribution in [2.45, 2.75) is 38.6 Å². The van der Waals surface area contributed by atoms with Crippen molar-refractivity contribution >= 4 is 8.32 Å². The molecule has 0 aliphatic heterocycles. The van der Waals surface area contributed by atoms with Crippen LogP contribution >= 0.6 is 0 Å². The minimum Gasteiger partial charge on any atom is -0.414 e. The highest BCUT2D eigenvalue weighted by Gasteiger charge is 2.25. The van der Waals surface area contributed by atoms with Crippen LogP contribution in [0.5, 0.6) is 0 Å². The van der Waals surface area contributed by atoms with Crippen LogP contribution < -0.4 is 0 Å². The Morgan fingerprint density at radius 3 is 2.47 bits per heavy atom. The van der Waals surface area contributed by atoms with E-state index >= 15 is 0 Å². The third-order valence-electron chi connectivity index (χ3n) is 3.18. The maximum Gasteiger partial charge on any atom is 0.191 e. The highest BCUT2D eigenvalue weighted by Crippen LogP contribution is 2.17. The van der Waals surface area contributed by atoms with Crippen LogP contribution in [0.3, 0.4) is 0 Å². The van der Waals surface area contributed by atoms with Gasteiger partial charge in [0.15, 0.2) is 8.32 Å². The molecule has 0 saturated carbocycles. The molecular formula is C16H23NOSi. The van der Waals surface area contributed by atoms with Crippen molar-refractivity contribution in [1.29, 1.82) is 0 Å². The normalized spacial score (nSPS) is 13.4. The van der Waals surface area contributed by atoms with E-state index in [1.165, 1.54) is 11.1 Å².